The molecule has 0 aromatic rings. The van der Waals surface area contributed by atoms with Gasteiger partial charge in [0.2, 0.25) is 0 Å². The van der Waals surface area contributed by atoms with Gasteiger partial charge in [0.1, 0.15) is 12.4 Å². The van der Waals surface area contributed by atoms with Crippen molar-refractivity contribution in [2.45, 2.75) is 0 Å². The van der Waals surface area contributed by atoms with Crippen LogP contribution >= 0.6 is 0 Å². The molecule has 0 spiro atoms. The van der Waals surface area contributed by atoms with Crippen molar-refractivity contribution in [1.82, 2.24) is 5.32 Å². The van der Waals surface area contributed by atoms with Crippen LogP contribution in [0.4, 0.5) is 0 Å². The summed E-state index contributed by atoms with van der Waals surface area (Å²) in [6.07, 6.45) is 0. The fraction of sp³-hybridized carbons (Fsp3) is 0.333. The third kappa shape index (κ3) is 3.80. The summed E-state index contributed by atoms with van der Waals surface area (Å²) in [6, 6.07) is 0. The molecular formula is C6H10N2O2. The average Bonchev–Trinajstić information content (AvgIpc) is 1.88. The van der Waals surface area contributed by atoms with E-state index in [9.17, 15) is 4.79 Å². The number of rotatable bonds is 4. The van der Waals surface area contributed by atoms with E-state index in [1.807, 2.05) is 0 Å². The smallest absolute Gasteiger partial charge is 0.251 e. The highest BCUT2D eigenvalue weighted by Crippen LogP contribution is 1.82. The van der Waals surface area contributed by atoms with E-state index in [-0.39, 0.29) is 18.3 Å². The molecule has 0 unspecified atom stereocenters. The maximum atomic E-state index is 10.6. The highest BCUT2D eigenvalue weighted by molar-refractivity contribution is 5.78. The first-order chi connectivity index (χ1) is 4.70. The predicted molar refractivity (Wildman–Crippen MR) is 38.7 cm³/mol. The quantitative estimate of drug-likeness (QED) is 0.558. The van der Waals surface area contributed by atoms with Gasteiger partial charge in [0.25, 0.3) is 5.91 Å². The second-order valence-electron chi connectivity index (χ2n) is 1.59. The zero-order chi connectivity index (χ0) is 7.98. The molecule has 0 fully saturated rings. The average molecular weight is 142 g/mol. The molecule has 1 amide bonds. The molecule has 0 bridgehead atoms. The Morgan fingerprint density at radius 2 is 2.40 bits per heavy atom. The first kappa shape index (κ1) is 8.84. The van der Waals surface area contributed by atoms with E-state index in [4.69, 9.17) is 0 Å². The maximum absolute atomic E-state index is 10.6. The van der Waals surface area contributed by atoms with Gasteiger partial charge >= 0.3 is 0 Å². The minimum absolute atomic E-state index is 0.00847. The molecule has 4 nitrogen and oxygen atoms in total. The Bertz CT molecular complexity index is 154. The molecule has 0 aromatic carbocycles. The lowest BCUT2D eigenvalue weighted by Gasteiger charge is -2.00. The number of ether oxygens (including phenoxy) is 1. The molecule has 0 radical (unpaired) electrons. The van der Waals surface area contributed by atoms with E-state index in [2.05, 4.69) is 28.3 Å². The van der Waals surface area contributed by atoms with E-state index in [0.717, 1.165) is 0 Å². The van der Waals surface area contributed by atoms with Crippen molar-refractivity contribution >= 4 is 12.6 Å². The van der Waals surface area contributed by atoms with Gasteiger partial charge < -0.3 is 10.1 Å². The van der Waals surface area contributed by atoms with Crippen LogP contribution in [-0.4, -0.2) is 26.3 Å². The molecule has 0 heterocycles. The molecule has 0 aromatic heterocycles. The number of hydrogen-bond donors (Lipinski definition) is 1. The number of nitrogens with one attached hydrogen (secondary N) is 1. The van der Waals surface area contributed by atoms with Crippen LogP contribution in [0.15, 0.2) is 17.4 Å². The molecule has 0 aliphatic carbocycles. The second-order valence-corrected chi connectivity index (χ2v) is 1.59. The van der Waals surface area contributed by atoms with Crippen molar-refractivity contribution in [2.24, 2.45) is 4.99 Å². The van der Waals surface area contributed by atoms with Crippen LogP contribution in [0.2, 0.25) is 0 Å². The Labute approximate surface area is 59.6 Å². The molecule has 4 heteroatoms. The monoisotopic (exact) mass is 142 g/mol. The molecule has 0 rings (SSSR count). The van der Waals surface area contributed by atoms with Gasteiger partial charge in [-0.1, -0.05) is 6.58 Å². The van der Waals surface area contributed by atoms with Crippen LogP contribution in [0.1, 0.15) is 0 Å². The largest absolute Gasteiger partial charge is 0.375 e. The van der Waals surface area contributed by atoms with Crippen LogP contribution in [-0.2, 0) is 9.53 Å². The summed E-state index contributed by atoms with van der Waals surface area (Å²) in [5.41, 5.74) is 0. The lowest BCUT2D eigenvalue weighted by Crippen LogP contribution is -2.25. The number of hydrogen-bond acceptors (Lipinski definition) is 3. The van der Waals surface area contributed by atoms with E-state index in [1.165, 1.54) is 7.11 Å². The molecule has 0 atom stereocenters. The van der Waals surface area contributed by atoms with Gasteiger partial charge in [-0.2, -0.15) is 0 Å². The van der Waals surface area contributed by atoms with Crippen LogP contribution < -0.4 is 5.32 Å². The summed E-state index contributed by atoms with van der Waals surface area (Å²) in [7, 11) is 1.43. The van der Waals surface area contributed by atoms with Crippen LogP contribution in [0, 0.1) is 0 Å². The number of methoxy groups -OCH3 is 1. The first-order valence-corrected chi connectivity index (χ1v) is 2.65. The van der Waals surface area contributed by atoms with Crippen molar-refractivity contribution in [1.29, 1.82) is 0 Å². The first-order valence-electron chi connectivity index (χ1n) is 2.65. The Balaban J connectivity index is 3.57. The van der Waals surface area contributed by atoms with E-state index in [1.54, 1.807) is 0 Å². The van der Waals surface area contributed by atoms with Gasteiger partial charge in [-0.3, -0.25) is 4.79 Å². The Morgan fingerprint density at radius 3 is 2.80 bits per heavy atom. The summed E-state index contributed by atoms with van der Waals surface area (Å²) >= 11 is 0. The summed E-state index contributed by atoms with van der Waals surface area (Å²) in [5, 5.41) is 2.34. The number of aliphatic imine (C=N–C) groups is 1. The van der Waals surface area contributed by atoms with Gasteiger partial charge in [0.15, 0.2) is 0 Å². The van der Waals surface area contributed by atoms with E-state index in [0.29, 0.717) is 0 Å². The number of carbonyl (C=O) groups is 1. The molecule has 56 valence electrons. The van der Waals surface area contributed by atoms with Gasteiger partial charge in [0, 0.05) is 7.11 Å². The Morgan fingerprint density at radius 1 is 1.80 bits per heavy atom. The number of nitrogens with zero attached hydrogens (tertiary/aromatic N) is 1. The fourth-order valence-corrected chi connectivity index (χ4v) is 0.368. The normalized spacial score (nSPS) is 8.50. The van der Waals surface area contributed by atoms with Crippen molar-refractivity contribution in [3.8, 4) is 0 Å². The van der Waals surface area contributed by atoms with Crippen LogP contribution in [0.5, 0.6) is 0 Å². The van der Waals surface area contributed by atoms with E-state index < -0.39 is 0 Å². The maximum Gasteiger partial charge on any atom is 0.251 e. The Kier molecular flexibility index (Phi) is 4.15. The zero-order valence-corrected chi connectivity index (χ0v) is 5.89. The SMILES string of the molecule is C=NC(=C)NC(=O)COC. The minimum atomic E-state index is -0.278. The van der Waals surface area contributed by atoms with Crippen molar-refractivity contribution in [3.63, 3.8) is 0 Å². The van der Waals surface area contributed by atoms with Crippen LogP contribution in [0.25, 0.3) is 0 Å². The van der Waals surface area contributed by atoms with E-state index >= 15 is 0 Å². The molecule has 0 aliphatic heterocycles. The highest BCUT2D eigenvalue weighted by Gasteiger charge is 1.98. The van der Waals surface area contributed by atoms with Gasteiger partial charge in [-0.25, -0.2) is 4.99 Å². The molecule has 0 saturated carbocycles. The third-order valence-electron chi connectivity index (χ3n) is 0.750. The lowest BCUT2D eigenvalue weighted by molar-refractivity contribution is -0.124. The summed E-state index contributed by atoms with van der Waals surface area (Å²) in [6.45, 7) is 6.56. The molecular weight excluding hydrogens is 132 g/mol. The van der Waals surface area contributed by atoms with Gasteiger partial charge in [0.05, 0.1) is 0 Å². The fourth-order valence-electron chi connectivity index (χ4n) is 0.368. The zero-order valence-electron chi connectivity index (χ0n) is 5.89. The third-order valence-corrected chi connectivity index (χ3v) is 0.750. The summed E-state index contributed by atoms with van der Waals surface area (Å²) in [4.78, 5) is 14.0. The number of amides is 1. The standard InChI is InChI=1S/C6H10N2O2/c1-5(7-2)8-6(9)4-10-3/h1-2,4H2,3H3,(H,8,9). The van der Waals surface area contributed by atoms with Crippen LogP contribution in [0.3, 0.4) is 0 Å². The number of carbonyl (C=O) groups excluding carboxylic acids is 1. The molecule has 10 heavy (non-hydrogen) atoms. The molecule has 0 saturated heterocycles. The highest BCUT2D eigenvalue weighted by atomic mass is 16.5. The second kappa shape index (κ2) is 4.69. The van der Waals surface area contributed by atoms with Crippen molar-refractivity contribution in [2.75, 3.05) is 13.7 Å². The van der Waals surface area contributed by atoms with Crippen molar-refractivity contribution < 1.29 is 9.53 Å². The lowest BCUT2D eigenvalue weighted by atomic mass is 10.6. The Hall–Kier alpha value is -1.16. The summed E-state index contributed by atoms with van der Waals surface area (Å²) in [5.74, 6) is -0.0399. The van der Waals surface area contributed by atoms with Crippen molar-refractivity contribution in [3.05, 3.63) is 12.4 Å². The molecule has 0 aliphatic rings. The summed E-state index contributed by atoms with van der Waals surface area (Å²) < 4.78 is 4.53. The topological polar surface area (TPSA) is 50.7 Å². The van der Waals surface area contributed by atoms with Gasteiger partial charge in [-0.15, -0.1) is 0 Å². The van der Waals surface area contributed by atoms with Gasteiger partial charge in [-0.05, 0) is 6.72 Å². The predicted octanol–water partition coefficient (Wildman–Crippen LogP) is -0.0792. The minimum Gasteiger partial charge on any atom is -0.375 e. The molecule has 1 N–H and O–H groups in total.